The Hall–Kier alpha value is -1.14. The zero-order chi connectivity index (χ0) is 13.3. The van der Waals surface area contributed by atoms with Crippen molar-refractivity contribution in [1.82, 2.24) is 10.6 Å². The average molecular weight is 245 g/mol. The minimum Gasteiger partial charge on any atom is -0.383 e. The molecule has 100 valence electrons. The molecule has 2 amide bonds. The monoisotopic (exact) mass is 245 g/mol. The molecule has 2 atom stereocenters. The highest BCUT2D eigenvalue weighted by Crippen LogP contribution is 1.94. The second-order valence-corrected chi connectivity index (χ2v) is 3.91. The Balaban J connectivity index is 3.94. The van der Waals surface area contributed by atoms with E-state index in [1.54, 1.807) is 14.0 Å². The van der Waals surface area contributed by atoms with E-state index in [-0.39, 0.29) is 11.8 Å². The highest BCUT2D eigenvalue weighted by Gasteiger charge is 2.18. The summed E-state index contributed by atoms with van der Waals surface area (Å²) in [6.07, 6.45) is 1.45. The van der Waals surface area contributed by atoms with Crippen molar-refractivity contribution in [3.05, 3.63) is 0 Å². The molecule has 1 unspecified atom stereocenters. The van der Waals surface area contributed by atoms with Gasteiger partial charge in [-0.25, -0.2) is 0 Å². The Kier molecular flexibility index (Phi) is 8.35. The van der Waals surface area contributed by atoms with Gasteiger partial charge in [0.25, 0.3) is 0 Å². The number of nitrogens with two attached hydrogens (primary N) is 1. The van der Waals surface area contributed by atoms with Gasteiger partial charge in [-0.05, 0) is 13.3 Å². The molecule has 0 heterocycles. The summed E-state index contributed by atoms with van der Waals surface area (Å²) >= 11 is 0. The van der Waals surface area contributed by atoms with E-state index in [1.165, 1.54) is 0 Å². The second-order valence-electron chi connectivity index (χ2n) is 3.91. The molecule has 6 heteroatoms. The fourth-order valence-corrected chi connectivity index (χ4v) is 1.26. The Bertz CT molecular complexity index is 246. The quantitative estimate of drug-likeness (QED) is 0.497. The maximum Gasteiger partial charge on any atom is 0.242 e. The van der Waals surface area contributed by atoms with Crippen LogP contribution in [0.5, 0.6) is 0 Å². The summed E-state index contributed by atoms with van der Waals surface area (Å²) in [6.45, 7) is 4.45. The standard InChI is InChI=1S/C11H23N3O3/c1-4-5-9(12)11(16)14-8(2)10(15)13-6-7-17-3/h8-9H,4-7,12H2,1-3H3,(H,13,15)(H,14,16)/t8?,9-/m1/s1. The molecule has 0 aliphatic heterocycles. The summed E-state index contributed by atoms with van der Waals surface area (Å²) in [5, 5.41) is 5.21. The third-order valence-corrected chi connectivity index (χ3v) is 2.29. The number of methoxy groups -OCH3 is 1. The Morgan fingerprint density at radius 1 is 1.35 bits per heavy atom. The highest BCUT2D eigenvalue weighted by molar-refractivity contribution is 5.89. The van der Waals surface area contributed by atoms with Crippen LogP contribution in [-0.2, 0) is 14.3 Å². The van der Waals surface area contributed by atoms with Gasteiger partial charge in [-0.2, -0.15) is 0 Å². The van der Waals surface area contributed by atoms with Gasteiger partial charge in [0.05, 0.1) is 12.6 Å². The molecular formula is C11H23N3O3. The third kappa shape index (κ3) is 6.91. The van der Waals surface area contributed by atoms with E-state index in [2.05, 4.69) is 10.6 Å². The molecule has 0 rings (SSSR count). The van der Waals surface area contributed by atoms with Gasteiger partial charge in [-0.15, -0.1) is 0 Å². The molecule has 0 bridgehead atoms. The number of hydrogen-bond donors (Lipinski definition) is 3. The van der Waals surface area contributed by atoms with Crippen molar-refractivity contribution in [2.45, 2.75) is 38.8 Å². The van der Waals surface area contributed by atoms with Crippen molar-refractivity contribution < 1.29 is 14.3 Å². The van der Waals surface area contributed by atoms with E-state index in [4.69, 9.17) is 10.5 Å². The number of amides is 2. The molecule has 17 heavy (non-hydrogen) atoms. The SMILES string of the molecule is CCC[C@@H](N)C(=O)NC(C)C(=O)NCCOC. The fraction of sp³-hybridized carbons (Fsp3) is 0.818. The summed E-state index contributed by atoms with van der Waals surface area (Å²) < 4.78 is 4.80. The first-order chi connectivity index (χ1) is 8.02. The van der Waals surface area contributed by atoms with Crippen LogP contribution in [0.15, 0.2) is 0 Å². The third-order valence-electron chi connectivity index (χ3n) is 2.29. The van der Waals surface area contributed by atoms with Crippen LogP contribution in [0.3, 0.4) is 0 Å². The molecule has 0 fully saturated rings. The van der Waals surface area contributed by atoms with Gasteiger partial charge in [0.2, 0.25) is 11.8 Å². The summed E-state index contributed by atoms with van der Waals surface area (Å²) in [5.74, 6) is -0.527. The smallest absolute Gasteiger partial charge is 0.242 e. The molecule has 0 spiro atoms. The number of carbonyl (C=O) groups excluding carboxylic acids is 2. The zero-order valence-electron chi connectivity index (χ0n) is 10.8. The number of hydrogen-bond acceptors (Lipinski definition) is 4. The van der Waals surface area contributed by atoms with E-state index in [1.807, 2.05) is 6.92 Å². The predicted octanol–water partition coefficient (Wildman–Crippen LogP) is -0.619. The molecule has 0 radical (unpaired) electrons. The molecular weight excluding hydrogens is 222 g/mol. The van der Waals surface area contributed by atoms with Crippen molar-refractivity contribution in [2.24, 2.45) is 5.73 Å². The van der Waals surface area contributed by atoms with Crippen LogP contribution in [0.1, 0.15) is 26.7 Å². The minimum atomic E-state index is -0.581. The van der Waals surface area contributed by atoms with E-state index in [0.29, 0.717) is 19.6 Å². The summed E-state index contributed by atoms with van der Waals surface area (Å²) in [4.78, 5) is 23.0. The van der Waals surface area contributed by atoms with Crippen molar-refractivity contribution in [3.63, 3.8) is 0 Å². The van der Waals surface area contributed by atoms with Crippen LogP contribution in [0.4, 0.5) is 0 Å². The van der Waals surface area contributed by atoms with Gasteiger partial charge < -0.3 is 21.1 Å². The van der Waals surface area contributed by atoms with Crippen LogP contribution in [-0.4, -0.2) is 44.2 Å². The molecule has 4 N–H and O–H groups in total. The minimum absolute atomic E-state index is 0.237. The molecule has 0 saturated carbocycles. The van der Waals surface area contributed by atoms with Crippen LogP contribution in [0, 0.1) is 0 Å². The first-order valence-electron chi connectivity index (χ1n) is 5.85. The van der Waals surface area contributed by atoms with Crippen molar-refractivity contribution in [3.8, 4) is 0 Å². The summed E-state index contributed by atoms with van der Waals surface area (Å²) in [7, 11) is 1.56. The topological polar surface area (TPSA) is 93.5 Å². The van der Waals surface area contributed by atoms with Crippen molar-refractivity contribution >= 4 is 11.8 Å². The maximum atomic E-state index is 11.5. The first kappa shape index (κ1) is 15.9. The second kappa shape index (κ2) is 8.95. The van der Waals surface area contributed by atoms with Crippen LogP contribution < -0.4 is 16.4 Å². The van der Waals surface area contributed by atoms with Crippen LogP contribution in [0.25, 0.3) is 0 Å². The molecule has 0 aromatic carbocycles. The molecule has 0 saturated heterocycles. The van der Waals surface area contributed by atoms with E-state index >= 15 is 0 Å². The number of ether oxygens (including phenoxy) is 1. The lowest BCUT2D eigenvalue weighted by Gasteiger charge is -2.16. The zero-order valence-corrected chi connectivity index (χ0v) is 10.8. The normalized spacial score (nSPS) is 13.9. The lowest BCUT2D eigenvalue weighted by Crippen LogP contribution is -2.50. The number of rotatable bonds is 8. The lowest BCUT2D eigenvalue weighted by atomic mass is 10.1. The molecule has 0 aliphatic carbocycles. The van der Waals surface area contributed by atoms with Gasteiger partial charge in [-0.1, -0.05) is 13.3 Å². The van der Waals surface area contributed by atoms with Gasteiger partial charge in [-0.3, -0.25) is 9.59 Å². The van der Waals surface area contributed by atoms with Crippen molar-refractivity contribution in [2.75, 3.05) is 20.3 Å². The van der Waals surface area contributed by atoms with Crippen LogP contribution in [0.2, 0.25) is 0 Å². The lowest BCUT2D eigenvalue weighted by molar-refractivity contribution is -0.129. The predicted molar refractivity (Wildman–Crippen MR) is 65.4 cm³/mol. The molecule has 0 aromatic rings. The van der Waals surface area contributed by atoms with Gasteiger partial charge in [0.15, 0.2) is 0 Å². The Labute approximate surface area is 102 Å². The van der Waals surface area contributed by atoms with E-state index in [9.17, 15) is 9.59 Å². The van der Waals surface area contributed by atoms with E-state index < -0.39 is 12.1 Å². The maximum absolute atomic E-state index is 11.5. The fourth-order valence-electron chi connectivity index (χ4n) is 1.26. The number of nitrogens with one attached hydrogen (secondary N) is 2. The summed E-state index contributed by atoms with van der Waals surface area (Å²) in [6, 6.07) is -1.13. The number of carbonyl (C=O) groups is 2. The van der Waals surface area contributed by atoms with Crippen molar-refractivity contribution in [1.29, 1.82) is 0 Å². The highest BCUT2D eigenvalue weighted by atomic mass is 16.5. The van der Waals surface area contributed by atoms with Crippen LogP contribution >= 0.6 is 0 Å². The molecule has 0 aromatic heterocycles. The van der Waals surface area contributed by atoms with Gasteiger partial charge in [0.1, 0.15) is 6.04 Å². The van der Waals surface area contributed by atoms with Gasteiger partial charge in [0, 0.05) is 13.7 Å². The average Bonchev–Trinajstić information content (AvgIpc) is 2.29. The molecule has 6 nitrogen and oxygen atoms in total. The summed E-state index contributed by atoms with van der Waals surface area (Å²) in [5.41, 5.74) is 5.63. The first-order valence-corrected chi connectivity index (χ1v) is 5.85. The molecule has 0 aliphatic rings. The van der Waals surface area contributed by atoms with Gasteiger partial charge >= 0.3 is 0 Å². The Morgan fingerprint density at radius 3 is 2.53 bits per heavy atom. The largest absolute Gasteiger partial charge is 0.383 e. The Morgan fingerprint density at radius 2 is 2.00 bits per heavy atom. The van der Waals surface area contributed by atoms with E-state index in [0.717, 1.165) is 6.42 Å².